The average Bonchev–Trinajstić information content (AvgIpc) is 2.90. The van der Waals surface area contributed by atoms with Crippen LogP contribution in [0, 0.1) is 22.7 Å². The van der Waals surface area contributed by atoms with Gasteiger partial charge in [0.25, 0.3) is 0 Å². The van der Waals surface area contributed by atoms with Gasteiger partial charge >= 0.3 is 0 Å². The summed E-state index contributed by atoms with van der Waals surface area (Å²) < 4.78 is 5.47. The van der Waals surface area contributed by atoms with Gasteiger partial charge in [-0.3, -0.25) is 5.32 Å². The molecule has 1 saturated heterocycles. The number of benzene rings is 1. The Morgan fingerprint density at radius 2 is 2.00 bits per heavy atom. The molecule has 1 aromatic rings. The SMILES string of the molecule is N#CC(C#N)=Cc1ccc(C2CNCO2)cc1. The van der Waals surface area contributed by atoms with Gasteiger partial charge in [-0.25, -0.2) is 0 Å². The number of hydrogen-bond donors (Lipinski definition) is 1. The summed E-state index contributed by atoms with van der Waals surface area (Å²) in [6, 6.07) is 11.3. The summed E-state index contributed by atoms with van der Waals surface area (Å²) in [5, 5.41) is 20.4. The molecule has 1 unspecified atom stereocenters. The predicted octanol–water partition coefficient (Wildman–Crippen LogP) is 1.74. The Balaban J connectivity index is 2.16. The molecular weight excluding hydrogens is 214 g/mol. The van der Waals surface area contributed by atoms with Gasteiger partial charge in [0, 0.05) is 6.54 Å². The molecule has 1 aliphatic heterocycles. The lowest BCUT2D eigenvalue weighted by Crippen LogP contribution is -2.07. The van der Waals surface area contributed by atoms with E-state index in [1.807, 2.05) is 36.4 Å². The van der Waals surface area contributed by atoms with E-state index < -0.39 is 0 Å². The predicted molar refractivity (Wildman–Crippen MR) is 62.3 cm³/mol. The molecule has 0 bridgehead atoms. The molecule has 84 valence electrons. The van der Waals surface area contributed by atoms with Crippen molar-refractivity contribution < 1.29 is 4.74 Å². The minimum Gasteiger partial charge on any atom is -0.357 e. The zero-order valence-corrected chi connectivity index (χ0v) is 9.18. The van der Waals surface area contributed by atoms with Crippen LogP contribution in [0.15, 0.2) is 29.8 Å². The normalized spacial score (nSPS) is 18.1. The van der Waals surface area contributed by atoms with Gasteiger partial charge in [-0.15, -0.1) is 0 Å². The summed E-state index contributed by atoms with van der Waals surface area (Å²) >= 11 is 0. The van der Waals surface area contributed by atoms with E-state index >= 15 is 0 Å². The van der Waals surface area contributed by atoms with Gasteiger partial charge in [0.1, 0.15) is 17.7 Å². The number of nitrogens with one attached hydrogen (secondary N) is 1. The molecule has 0 radical (unpaired) electrons. The van der Waals surface area contributed by atoms with Crippen molar-refractivity contribution in [3.05, 3.63) is 41.0 Å². The van der Waals surface area contributed by atoms with Crippen LogP contribution < -0.4 is 5.32 Å². The summed E-state index contributed by atoms with van der Waals surface area (Å²) in [4.78, 5) is 0. The number of rotatable bonds is 2. The van der Waals surface area contributed by atoms with Gasteiger partial charge in [0.2, 0.25) is 0 Å². The van der Waals surface area contributed by atoms with Crippen LogP contribution in [-0.2, 0) is 4.74 Å². The highest BCUT2D eigenvalue weighted by Gasteiger charge is 2.16. The van der Waals surface area contributed by atoms with Crippen molar-refractivity contribution in [2.75, 3.05) is 13.3 Å². The van der Waals surface area contributed by atoms with E-state index in [4.69, 9.17) is 15.3 Å². The van der Waals surface area contributed by atoms with E-state index in [2.05, 4.69) is 5.32 Å². The van der Waals surface area contributed by atoms with Gasteiger partial charge in [-0.2, -0.15) is 10.5 Å². The average molecular weight is 225 g/mol. The van der Waals surface area contributed by atoms with Crippen molar-refractivity contribution in [2.24, 2.45) is 0 Å². The molecule has 0 aromatic heterocycles. The van der Waals surface area contributed by atoms with E-state index in [1.165, 1.54) is 0 Å². The monoisotopic (exact) mass is 225 g/mol. The van der Waals surface area contributed by atoms with Crippen molar-refractivity contribution >= 4 is 6.08 Å². The highest BCUT2D eigenvalue weighted by atomic mass is 16.5. The fraction of sp³-hybridized carbons (Fsp3) is 0.231. The third-order valence-corrected chi connectivity index (χ3v) is 2.58. The number of allylic oxidation sites excluding steroid dienone is 1. The maximum Gasteiger partial charge on any atom is 0.130 e. The molecule has 1 aliphatic rings. The standard InChI is InChI=1S/C13H11N3O/c14-6-11(7-15)5-10-1-3-12(4-2-10)13-8-16-9-17-13/h1-5,13,16H,8-9H2. The van der Waals surface area contributed by atoms with Crippen LogP contribution in [0.3, 0.4) is 0 Å². The maximum atomic E-state index is 8.65. The molecule has 2 rings (SSSR count). The third-order valence-electron chi connectivity index (χ3n) is 2.58. The van der Waals surface area contributed by atoms with Crippen LogP contribution in [0.5, 0.6) is 0 Å². The number of hydrogen-bond acceptors (Lipinski definition) is 4. The summed E-state index contributed by atoms with van der Waals surface area (Å²) in [6.07, 6.45) is 1.66. The first-order chi connectivity index (χ1) is 8.33. The largest absolute Gasteiger partial charge is 0.357 e. The van der Waals surface area contributed by atoms with Crippen molar-refractivity contribution in [1.29, 1.82) is 10.5 Å². The second-order valence-corrected chi connectivity index (χ2v) is 3.70. The van der Waals surface area contributed by atoms with E-state index in [-0.39, 0.29) is 11.7 Å². The van der Waals surface area contributed by atoms with Crippen molar-refractivity contribution in [3.63, 3.8) is 0 Å². The van der Waals surface area contributed by atoms with Gasteiger partial charge in [-0.05, 0) is 17.2 Å². The van der Waals surface area contributed by atoms with Crippen LogP contribution in [0.1, 0.15) is 17.2 Å². The first-order valence-corrected chi connectivity index (χ1v) is 5.27. The van der Waals surface area contributed by atoms with Crippen LogP contribution >= 0.6 is 0 Å². The zero-order chi connectivity index (χ0) is 12.1. The van der Waals surface area contributed by atoms with Crippen molar-refractivity contribution in [2.45, 2.75) is 6.10 Å². The molecular formula is C13H11N3O. The summed E-state index contributed by atoms with van der Waals surface area (Å²) in [5.74, 6) is 0. The maximum absolute atomic E-state index is 8.65. The molecule has 4 nitrogen and oxygen atoms in total. The molecule has 1 fully saturated rings. The lowest BCUT2D eigenvalue weighted by atomic mass is 10.1. The Hall–Kier alpha value is -2.14. The van der Waals surface area contributed by atoms with E-state index in [0.717, 1.165) is 17.7 Å². The van der Waals surface area contributed by atoms with E-state index in [1.54, 1.807) is 6.08 Å². The van der Waals surface area contributed by atoms with Gasteiger partial charge in [0.15, 0.2) is 0 Å². The Kier molecular flexibility index (Phi) is 3.52. The Morgan fingerprint density at radius 1 is 1.29 bits per heavy atom. The summed E-state index contributed by atoms with van der Waals surface area (Å²) in [7, 11) is 0. The van der Waals surface area contributed by atoms with E-state index in [0.29, 0.717) is 6.73 Å². The quantitative estimate of drug-likeness (QED) is 0.778. The fourth-order valence-electron chi connectivity index (χ4n) is 1.69. The second-order valence-electron chi connectivity index (χ2n) is 3.70. The molecule has 0 aliphatic carbocycles. The minimum absolute atomic E-state index is 0.0967. The summed E-state index contributed by atoms with van der Waals surface area (Å²) in [6.45, 7) is 1.40. The van der Waals surface area contributed by atoms with Gasteiger partial charge in [0.05, 0.1) is 12.8 Å². The third kappa shape index (κ3) is 2.70. The molecule has 0 saturated carbocycles. The lowest BCUT2D eigenvalue weighted by molar-refractivity contribution is 0.114. The van der Waals surface area contributed by atoms with Crippen molar-refractivity contribution in [3.8, 4) is 12.1 Å². The summed E-state index contributed by atoms with van der Waals surface area (Å²) in [5.41, 5.74) is 2.05. The molecule has 1 heterocycles. The van der Waals surface area contributed by atoms with Crippen LogP contribution in [-0.4, -0.2) is 13.3 Å². The van der Waals surface area contributed by atoms with Crippen LogP contribution in [0.4, 0.5) is 0 Å². The van der Waals surface area contributed by atoms with Gasteiger partial charge < -0.3 is 4.74 Å². The molecule has 17 heavy (non-hydrogen) atoms. The zero-order valence-electron chi connectivity index (χ0n) is 9.18. The number of nitriles is 2. The smallest absolute Gasteiger partial charge is 0.130 e. The Morgan fingerprint density at radius 3 is 2.53 bits per heavy atom. The molecule has 0 amide bonds. The fourth-order valence-corrected chi connectivity index (χ4v) is 1.69. The molecule has 1 N–H and O–H groups in total. The topological polar surface area (TPSA) is 68.8 Å². The molecule has 1 atom stereocenters. The Bertz CT molecular complexity index is 483. The lowest BCUT2D eigenvalue weighted by Gasteiger charge is -2.08. The van der Waals surface area contributed by atoms with Crippen molar-refractivity contribution in [1.82, 2.24) is 5.32 Å². The van der Waals surface area contributed by atoms with Crippen LogP contribution in [0.2, 0.25) is 0 Å². The van der Waals surface area contributed by atoms with Crippen LogP contribution in [0.25, 0.3) is 6.08 Å². The highest BCUT2D eigenvalue weighted by Crippen LogP contribution is 2.20. The molecule has 0 spiro atoms. The van der Waals surface area contributed by atoms with E-state index in [9.17, 15) is 0 Å². The number of nitrogens with zero attached hydrogens (tertiary/aromatic N) is 2. The highest BCUT2D eigenvalue weighted by molar-refractivity contribution is 5.62. The number of ether oxygens (including phenoxy) is 1. The first kappa shape index (κ1) is 11.3. The minimum atomic E-state index is 0.0967. The first-order valence-electron chi connectivity index (χ1n) is 5.27. The Labute approximate surface area is 99.7 Å². The molecule has 1 aromatic carbocycles. The second kappa shape index (κ2) is 5.27. The van der Waals surface area contributed by atoms with Gasteiger partial charge in [-0.1, -0.05) is 24.3 Å². The molecule has 4 heteroatoms.